The highest BCUT2D eigenvalue weighted by Crippen LogP contribution is 2.21. The van der Waals surface area contributed by atoms with Gasteiger partial charge < -0.3 is 20.7 Å². The number of imidazole rings is 1. The molecular formula is C26H26N6O3. The monoisotopic (exact) mass is 470 g/mol. The molecule has 0 saturated carbocycles. The number of carboxylic acid groups (broad SMARTS) is 1. The van der Waals surface area contributed by atoms with E-state index in [2.05, 4.69) is 16.9 Å². The maximum absolute atomic E-state index is 13.3. The summed E-state index contributed by atoms with van der Waals surface area (Å²) >= 11 is 0. The van der Waals surface area contributed by atoms with Crippen LogP contribution in [0.1, 0.15) is 28.2 Å². The summed E-state index contributed by atoms with van der Waals surface area (Å²) in [6.07, 6.45) is 1.38. The molecule has 2 aromatic carbocycles. The second-order valence-electron chi connectivity index (χ2n) is 8.04. The van der Waals surface area contributed by atoms with Gasteiger partial charge in [0.2, 0.25) is 0 Å². The zero-order chi connectivity index (χ0) is 24.9. The van der Waals surface area contributed by atoms with Crippen LogP contribution in [0.25, 0.3) is 16.7 Å². The molecule has 4 rings (SSSR count). The lowest BCUT2D eigenvalue weighted by atomic mass is 10.1. The van der Waals surface area contributed by atoms with E-state index in [0.29, 0.717) is 29.1 Å². The number of aromatic nitrogens is 3. The summed E-state index contributed by atoms with van der Waals surface area (Å²) in [6, 6.07) is 18.1. The highest BCUT2D eigenvalue weighted by atomic mass is 16.4. The third-order valence-corrected chi connectivity index (χ3v) is 5.65. The molecule has 1 amide bonds. The van der Waals surface area contributed by atoms with E-state index in [1.54, 1.807) is 36.5 Å². The van der Waals surface area contributed by atoms with Gasteiger partial charge >= 0.3 is 5.97 Å². The first-order valence-electron chi connectivity index (χ1n) is 11.0. The minimum absolute atomic E-state index is 0.0108. The molecule has 0 spiro atoms. The van der Waals surface area contributed by atoms with E-state index in [0.717, 1.165) is 22.6 Å². The Kier molecular flexibility index (Phi) is 6.77. The van der Waals surface area contributed by atoms with Crippen molar-refractivity contribution in [3.05, 3.63) is 90.4 Å². The fourth-order valence-corrected chi connectivity index (χ4v) is 3.72. The fourth-order valence-electron chi connectivity index (χ4n) is 3.72. The molecule has 178 valence electrons. The number of anilines is 2. The smallest absolute Gasteiger partial charge is 0.305 e. The van der Waals surface area contributed by atoms with E-state index < -0.39 is 5.97 Å². The zero-order valence-corrected chi connectivity index (χ0v) is 19.3. The van der Waals surface area contributed by atoms with Crippen LogP contribution < -0.4 is 16.0 Å². The Morgan fingerprint density at radius 3 is 2.51 bits per heavy atom. The lowest BCUT2D eigenvalue weighted by molar-refractivity contribution is -0.136. The van der Waals surface area contributed by atoms with Crippen molar-refractivity contribution < 1.29 is 14.7 Å². The number of hydrogen-bond donors (Lipinski definition) is 3. The van der Waals surface area contributed by atoms with E-state index in [-0.39, 0.29) is 18.9 Å². The molecule has 0 radical (unpaired) electrons. The molecule has 0 aliphatic rings. The molecule has 4 aromatic rings. The highest BCUT2D eigenvalue weighted by Gasteiger charge is 2.21. The first-order valence-corrected chi connectivity index (χ1v) is 11.0. The van der Waals surface area contributed by atoms with Gasteiger partial charge in [0.05, 0.1) is 24.0 Å². The minimum Gasteiger partial charge on any atom is -0.481 e. The number of nitrogens with two attached hydrogens (primary N) is 1. The van der Waals surface area contributed by atoms with Crippen molar-refractivity contribution >= 4 is 40.1 Å². The van der Waals surface area contributed by atoms with Crippen LogP contribution in [-0.2, 0) is 18.4 Å². The van der Waals surface area contributed by atoms with Crippen molar-refractivity contribution in [3.8, 4) is 0 Å². The number of benzene rings is 2. The standard InChI is InChI=1S/C26H26N6O3/c1-17(27)18-6-9-20(10-7-18)29-16-24-30-21-15-19(8-11-22(21)31(24)2)26(35)32(14-12-25(33)34)23-5-3-4-13-28-23/h3-11,13,15,29H,1,12,14,16,27H2,2H3,(H,33,34). The topological polar surface area (TPSA) is 126 Å². The summed E-state index contributed by atoms with van der Waals surface area (Å²) in [6.45, 7) is 4.23. The van der Waals surface area contributed by atoms with Gasteiger partial charge in [-0.15, -0.1) is 0 Å². The van der Waals surface area contributed by atoms with E-state index in [1.165, 1.54) is 4.90 Å². The number of rotatable bonds is 9. The Hall–Kier alpha value is -4.66. The molecule has 2 heterocycles. The fraction of sp³-hybridized carbons (Fsp3) is 0.154. The molecule has 0 unspecified atom stereocenters. The van der Waals surface area contributed by atoms with Crippen LogP contribution in [0, 0.1) is 0 Å². The summed E-state index contributed by atoms with van der Waals surface area (Å²) in [5.74, 6) is -0.129. The molecule has 0 fully saturated rings. The van der Waals surface area contributed by atoms with E-state index >= 15 is 0 Å². The molecule has 0 saturated heterocycles. The third kappa shape index (κ3) is 5.30. The van der Waals surface area contributed by atoms with Crippen LogP contribution in [0.4, 0.5) is 11.5 Å². The van der Waals surface area contributed by atoms with Gasteiger partial charge in [-0.1, -0.05) is 24.8 Å². The summed E-state index contributed by atoms with van der Waals surface area (Å²) in [5, 5.41) is 12.5. The molecule has 0 aliphatic carbocycles. The Morgan fingerprint density at radius 2 is 1.86 bits per heavy atom. The lowest BCUT2D eigenvalue weighted by Crippen LogP contribution is -2.33. The van der Waals surface area contributed by atoms with E-state index in [9.17, 15) is 9.59 Å². The maximum Gasteiger partial charge on any atom is 0.305 e. The second kappa shape index (κ2) is 10.1. The molecule has 0 atom stereocenters. The number of pyridine rings is 1. The number of carboxylic acids is 1. The van der Waals surface area contributed by atoms with Crippen LogP contribution in [-0.4, -0.2) is 38.1 Å². The number of hydrogen-bond acceptors (Lipinski definition) is 6. The number of carbonyl (C=O) groups is 2. The quantitative estimate of drug-likeness (QED) is 0.341. The predicted octanol–water partition coefficient (Wildman–Crippen LogP) is 3.63. The lowest BCUT2D eigenvalue weighted by Gasteiger charge is -2.21. The maximum atomic E-state index is 13.3. The molecule has 2 aromatic heterocycles. The van der Waals surface area contributed by atoms with Crippen LogP contribution in [0.3, 0.4) is 0 Å². The molecule has 35 heavy (non-hydrogen) atoms. The summed E-state index contributed by atoms with van der Waals surface area (Å²) in [7, 11) is 1.92. The van der Waals surface area contributed by atoms with Crippen molar-refractivity contribution in [2.45, 2.75) is 13.0 Å². The second-order valence-corrected chi connectivity index (χ2v) is 8.04. The number of nitrogens with one attached hydrogen (secondary N) is 1. The molecule has 4 N–H and O–H groups in total. The van der Waals surface area contributed by atoms with Crippen molar-refractivity contribution in [2.24, 2.45) is 12.8 Å². The van der Waals surface area contributed by atoms with Gasteiger partial charge in [0.25, 0.3) is 5.91 Å². The van der Waals surface area contributed by atoms with Crippen molar-refractivity contribution in [2.75, 3.05) is 16.8 Å². The summed E-state index contributed by atoms with van der Waals surface area (Å²) in [5.41, 5.74) is 9.98. The van der Waals surface area contributed by atoms with Crippen LogP contribution >= 0.6 is 0 Å². The van der Waals surface area contributed by atoms with Gasteiger partial charge in [0.15, 0.2) is 0 Å². The van der Waals surface area contributed by atoms with Gasteiger partial charge in [-0.3, -0.25) is 14.5 Å². The van der Waals surface area contributed by atoms with Crippen LogP contribution in [0.2, 0.25) is 0 Å². The Balaban J connectivity index is 1.56. The first-order chi connectivity index (χ1) is 16.8. The Bertz CT molecular complexity index is 1380. The number of carbonyl (C=O) groups excluding carboxylic acids is 1. The number of fused-ring (bicyclic) bond motifs is 1. The molecule has 9 heteroatoms. The third-order valence-electron chi connectivity index (χ3n) is 5.65. The van der Waals surface area contributed by atoms with E-state index in [1.807, 2.05) is 41.9 Å². The molecule has 9 nitrogen and oxygen atoms in total. The summed E-state index contributed by atoms with van der Waals surface area (Å²) < 4.78 is 1.97. The minimum atomic E-state index is -0.987. The predicted molar refractivity (Wildman–Crippen MR) is 136 cm³/mol. The van der Waals surface area contributed by atoms with Crippen LogP contribution in [0.5, 0.6) is 0 Å². The van der Waals surface area contributed by atoms with Gasteiger partial charge in [-0.25, -0.2) is 9.97 Å². The van der Waals surface area contributed by atoms with Crippen molar-refractivity contribution in [1.82, 2.24) is 14.5 Å². The Labute approximate surface area is 202 Å². The van der Waals surface area contributed by atoms with Gasteiger partial charge in [0, 0.05) is 36.7 Å². The van der Waals surface area contributed by atoms with Crippen LogP contribution in [0.15, 0.2) is 73.4 Å². The molecule has 0 bridgehead atoms. The molecular weight excluding hydrogens is 444 g/mol. The zero-order valence-electron chi connectivity index (χ0n) is 19.3. The van der Waals surface area contributed by atoms with E-state index in [4.69, 9.17) is 15.8 Å². The SMILES string of the molecule is C=C(N)c1ccc(NCc2nc3cc(C(=O)N(CCC(=O)O)c4ccccn4)ccc3n2C)cc1. The van der Waals surface area contributed by atoms with Gasteiger partial charge in [-0.05, 0) is 48.0 Å². The number of nitrogens with zero attached hydrogens (tertiary/aromatic N) is 4. The number of aliphatic carboxylic acids is 1. The normalized spacial score (nSPS) is 10.8. The van der Waals surface area contributed by atoms with Crippen molar-refractivity contribution in [1.29, 1.82) is 0 Å². The van der Waals surface area contributed by atoms with Gasteiger partial charge in [-0.2, -0.15) is 0 Å². The summed E-state index contributed by atoms with van der Waals surface area (Å²) in [4.78, 5) is 34.8. The molecule has 0 aliphatic heterocycles. The first kappa shape index (κ1) is 23.5. The average molecular weight is 471 g/mol. The largest absolute Gasteiger partial charge is 0.481 e. The number of amides is 1. The Morgan fingerprint density at radius 1 is 1.11 bits per heavy atom. The highest BCUT2D eigenvalue weighted by molar-refractivity contribution is 6.07. The average Bonchev–Trinajstić information content (AvgIpc) is 3.18. The number of aryl methyl sites for hydroxylation is 1. The van der Waals surface area contributed by atoms with Gasteiger partial charge in [0.1, 0.15) is 11.6 Å². The van der Waals surface area contributed by atoms with Crippen molar-refractivity contribution in [3.63, 3.8) is 0 Å².